The van der Waals surface area contributed by atoms with Crippen LogP contribution in [-0.4, -0.2) is 46.4 Å². The maximum absolute atomic E-state index is 13.0. The van der Waals surface area contributed by atoms with Gasteiger partial charge in [0.1, 0.15) is 5.69 Å². The van der Waals surface area contributed by atoms with Gasteiger partial charge in [0.2, 0.25) is 0 Å². The average molecular weight is 283 g/mol. The molecule has 1 N–H and O–H groups in total. The van der Waals surface area contributed by atoms with E-state index >= 15 is 0 Å². The van der Waals surface area contributed by atoms with Gasteiger partial charge in [0.05, 0.1) is 0 Å². The second kappa shape index (κ2) is 4.88. The van der Waals surface area contributed by atoms with E-state index in [0.717, 1.165) is 50.2 Å². The van der Waals surface area contributed by atoms with Crippen LogP contribution in [-0.2, 0) is 6.54 Å². The van der Waals surface area contributed by atoms with Crippen molar-refractivity contribution in [3.8, 4) is 0 Å². The van der Waals surface area contributed by atoms with E-state index in [4.69, 9.17) is 0 Å². The summed E-state index contributed by atoms with van der Waals surface area (Å²) in [4.78, 5) is 21.0. The summed E-state index contributed by atoms with van der Waals surface area (Å²) in [5.74, 6) is 0.189. The highest BCUT2D eigenvalue weighted by atomic mass is 16.2. The first kappa shape index (κ1) is 12.9. The van der Waals surface area contributed by atoms with Crippen LogP contribution in [0.3, 0.4) is 0 Å². The van der Waals surface area contributed by atoms with Crippen molar-refractivity contribution >= 4 is 16.8 Å². The molecule has 2 aliphatic rings. The zero-order valence-electron chi connectivity index (χ0n) is 12.4. The Hall–Kier alpha value is -1.81. The van der Waals surface area contributed by atoms with Crippen LogP contribution in [0.1, 0.15) is 35.8 Å². The molecule has 4 heteroatoms. The maximum Gasteiger partial charge on any atom is 0.270 e. The number of nitrogens with one attached hydrogen (secondary N) is 1. The summed E-state index contributed by atoms with van der Waals surface area (Å²) in [5.41, 5.74) is 3.06. The fourth-order valence-electron chi connectivity index (χ4n) is 3.82. The molecule has 1 fully saturated rings. The first-order chi connectivity index (χ1) is 10.3. The maximum atomic E-state index is 13.0. The van der Waals surface area contributed by atoms with Crippen LogP contribution < -0.4 is 0 Å². The second-order valence-electron chi connectivity index (χ2n) is 6.20. The number of nitrogens with zero attached hydrogens (tertiary/aromatic N) is 2. The molecule has 1 saturated heterocycles. The molecule has 21 heavy (non-hydrogen) atoms. The predicted molar refractivity (Wildman–Crippen MR) is 83.3 cm³/mol. The third-order valence-electron chi connectivity index (χ3n) is 4.82. The minimum atomic E-state index is 0.189. The Kier molecular flexibility index (Phi) is 3.00. The number of fused-ring (bicyclic) bond motifs is 5. The van der Waals surface area contributed by atoms with Gasteiger partial charge < -0.3 is 9.88 Å². The molecule has 2 unspecified atom stereocenters. The lowest BCUT2D eigenvalue weighted by molar-refractivity contribution is 0.0664. The lowest BCUT2D eigenvalue weighted by Gasteiger charge is -2.31. The summed E-state index contributed by atoms with van der Waals surface area (Å²) in [5, 5.41) is 1.20. The van der Waals surface area contributed by atoms with Gasteiger partial charge in [-0.3, -0.25) is 9.69 Å². The van der Waals surface area contributed by atoms with Crippen molar-refractivity contribution in [2.75, 3.05) is 19.6 Å². The molecule has 1 aromatic heterocycles. The Labute approximate surface area is 124 Å². The van der Waals surface area contributed by atoms with Gasteiger partial charge in [-0.05, 0) is 18.9 Å². The number of aromatic amines is 1. The zero-order valence-corrected chi connectivity index (χ0v) is 12.4. The summed E-state index contributed by atoms with van der Waals surface area (Å²) in [6.07, 6.45) is 2.12. The largest absolute Gasteiger partial charge is 0.350 e. The second-order valence-corrected chi connectivity index (χ2v) is 6.20. The Morgan fingerprint density at radius 3 is 3.05 bits per heavy atom. The quantitative estimate of drug-likeness (QED) is 0.920. The van der Waals surface area contributed by atoms with Gasteiger partial charge in [0, 0.05) is 48.7 Å². The van der Waals surface area contributed by atoms with Crippen LogP contribution in [0.5, 0.6) is 0 Å². The van der Waals surface area contributed by atoms with Crippen molar-refractivity contribution in [3.05, 3.63) is 35.5 Å². The lowest BCUT2D eigenvalue weighted by atomic mass is 10.1. The molecule has 2 aromatic rings. The number of carbonyl (C=O) groups is 1. The van der Waals surface area contributed by atoms with Gasteiger partial charge in [-0.2, -0.15) is 0 Å². The molecule has 2 bridgehead atoms. The number of rotatable bonds is 2. The highest BCUT2D eigenvalue weighted by molar-refractivity contribution is 6.01. The molecule has 0 radical (unpaired) electrons. The molecule has 2 aliphatic heterocycles. The Morgan fingerprint density at radius 1 is 1.33 bits per heavy atom. The van der Waals surface area contributed by atoms with E-state index in [0.29, 0.717) is 6.04 Å². The molecule has 0 saturated carbocycles. The number of aromatic nitrogens is 1. The molecule has 3 heterocycles. The molecule has 110 valence electrons. The minimum Gasteiger partial charge on any atom is -0.350 e. The fourth-order valence-corrected chi connectivity index (χ4v) is 3.82. The molecule has 4 nitrogen and oxygen atoms in total. The van der Waals surface area contributed by atoms with E-state index in [-0.39, 0.29) is 5.91 Å². The van der Waals surface area contributed by atoms with Crippen LogP contribution in [0.15, 0.2) is 24.3 Å². The van der Waals surface area contributed by atoms with Crippen LogP contribution in [0.2, 0.25) is 0 Å². The van der Waals surface area contributed by atoms with Gasteiger partial charge in [0.15, 0.2) is 0 Å². The Balaban J connectivity index is 1.87. The van der Waals surface area contributed by atoms with Crippen molar-refractivity contribution in [1.82, 2.24) is 14.8 Å². The number of H-pyrrole nitrogens is 1. The third kappa shape index (κ3) is 1.97. The van der Waals surface area contributed by atoms with Crippen LogP contribution in [0, 0.1) is 0 Å². The van der Waals surface area contributed by atoms with Crippen molar-refractivity contribution in [3.63, 3.8) is 0 Å². The minimum absolute atomic E-state index is 0.189. The SMILES string of the molecule is CCCN1C(=O)c2[nH]c3ccccc3c2CN2CCC1C2. The number of hydrogen-bond acceptors (Lipinski definition) is 2. The van der Waals surface area contributed by atoms with Crippen molar-refractivity contribution in [2.45, 2.75) is 32.4 Å². The van der Waals surface area contributed by atoms with Gasteiger partial charge in [0.25, 0.3) is 5.91 Å². The van der Waals surface area contributed by atoms with E-state index in [9.17, 15) is 4.79 Å². The van der Waals surface area contributed by atoms with Crippen molar-refractivity contribution in [1.29, 1.82) is 0 Å². The van der Waals surface area contributed by atoms with E-state index in [2.05, 4.69) is 39.9 Å². The standard InChI is InChI=1S/C17H21N3O/c1-2-8-20-12-7-9-19(10-12)11-14-13-5-3-4-6-15(13)18-16(14)17(20)21/h3-6,12,18H,2,7-11H2,1H3. The summed E-state index contributed by atoms with van der Waals surface area (Å²) in [6, 6.07) is 8.64. The summed E-state index contributed by atoms with van der Waals surface area (Å²) < 4.78 is 0. The molecule has 1 amide bonds. The predicted octanol–water partition coefficient (Wildman–Crippen LogP) is 2.61. The third-order valence-corrected chi connectivity index (χ3v) is 4.82. The molecular weight excluding hydrogens is 262 g/mol. The molecule has 2 atom stereocenters. The van der Waals surface area contributed by atoms with Gasteiger partial charge in [-0.25, -0.2) is 0 Å². The van der Waals surface area contributed by atoms with E-state index in [1.165, 1.54) is 10.9 Å². The van der Waals surface area contributed by atoms with Gasteiger partial charge in [-0.15, -0.1) is 0 Å². The fraction of sp³-hybridized carbons (Fsp3) is 0.471. The molecule has 1 aromatic carbocycles. The number of carbonyl (C=O) groups excluding carboxylic acids is 1. The Morgan fingerprint density at radius 2 is 2.19 bits per heavy atom. The monoisotopic (exact) mass is 283 g/mol. The highest BCUT2D eigenvalue weighted by Gasteiger charge is 2.35. The summed E-state index contributed by atoms with van der Waals surface area (Å²) >= 11 is 0. The number of para-hydroxylation sites is 1. The van der Waals surface area contributed by atoms with E-state index in [1.54, 1.807) is 0 Å². The van der Waals surface area contributed by atoms with Gasteiger partial charge >= 0.3 is 0 Å². The summed E-state index contributed by atoms with van der Waals surface area (Å²) in [6.45, 7) is 6.00. The first-order valence-electron chi connectivity index (χ1n) is 7.91. The van der Waals surface area contributed by atoms with E-state index in [1.807, 2.05) is 6.07 Å². The molecule has 0 aliphatic carbocycles. The van der Waals surface area contributed by atoms with Gasteiger partial charge in [-0.1, -0.05) is 25.1 Å². The van der Waals surface area contributed by atoms with Crippen LogP contribution >= 0.6 is 0 Å². The van der Waals surface area contributed by atoms with Crippen LogP contribution in [0.25, 0.3) is 10.9 Å². The first-order valence-corrected chi connectivity index (χ1v) is 7.91. The number of hydrogen-bond donors (Lipinski definition) is 1. The topological polar surface area (TPSA) is 39.3 Å². The average Bonchev–Trinajstić information content (AvgIpc) is 3.09. The van der Waals surface area contributed by atoms with Crippen molar-refractivity contribution < 1.29 is 4.79 Å². The number of benzene rings is 1. The van der Waals surface area contributed by atoms with E-state index < -0.39 is 0 Å². The normalized spacial score (nSPS) is 25.0. The highest BCUT2D eigenvalue weighted by Crippen LogP contribution is 2.30. The molecule has 0 spiro atoms. The van der Waals surface area contributed by atoms with Crippen molar-refractivity contribution in [2.24, 2.45) is 0 Å². The number of amides is 1. The molecular formula is C17H21N3O. The smallest absolute Gasteiger partial charge is 0.270 e. The zero-order chi connectivity index (χ0) is 14.4. The lowest BCUT2D eigenvalue weighted by Crippen LogP contribution is -2.44. The van der Waals surface area contributed by atoms with Crippen LogP contribution in [0.4, 0.5) is 0 Å². The molecule has 4 rings (SSSR count). The Bertz CT molecular complexity index is 690. The summed E-state index contributed by atoms with van der Waals surface area (Å²) in [7, 11) is 0.